The molecule has 1 unspecified atom stereocenters. The molecule has 1 N–H and O–H groups in total. The topological polar surface area (TPSA) is 12.0 Å². The number of benzene rings is 2. The molecule has 112 valence electrons. The van der Waals surface area contributed by atoms with E-state index in [0.717, 1.165) is 31.5 Å². The highest BCUT2D eigenvalue weighted by Crippen LogP contribution is 2.26. The van der Waals surface area contributed by atoms with Crippen LogP contribution >= 0.6 is 11.6 Å². The van der Waals surface area contributed by atoms with Crippen molar-refractivity contribution in [2.75, 3.05) is 13.1 Å². The molecule has 1 nitrogen and oxygen atoms in total. The van der Waals surface area contributed by atoms with Crippen LogP contribution in [0.2, 0.25) is 5.02 Å². The molecule has 0 bridgehead atoms. The Morgan fingerprint density at radius 1 is 1.10 bits per heavy atom. The van der Waals surface area contributed by atoms with Crippen molar-refractivity contribution >= 4 is 11.6 Å². The zero-order valence-electron chi connectivity index (χ0n) is 12.3. The summed E-state index contributed by atoms with van der Waals surface area (Å²) in [4.78, 5) is 0. The molecule has 21 heavy (non-hydrogen) atoms. The Balaban J connectivity index is 2.17. The van der Waals surface area contributed by atoms with Gasteiger partial charge in [0, 0.05) is 12.5 Å². The molecule has 1 atom stereocenters. The highest BCUT2D eigenvalue weighted by molar-refractivity contribution is 6.31. The molecule has 0 spiro atoms. The fourth-order valence-electron chi connectivity index (χ4n) is 2.46. The van der Waals surface area contributed by atoms with E-state index >= 15 is 0 Å². The molecule has 3 heteroatoms. The number of hydrogen-bond donors (Lipinski definition) is 1. The Bertz CT molecular complexity index is 556. The molecular formula is C18H21ClFN. The van der Waals surface area contributed by atoms with Crippen molar-refractivity contribution in [3.05, 3.63) is 70.5 Å². The second kappa shape index (κ2) is 8.16. The van der Waals surface area contributed by atoms with E-state index in [0.29, 0.717) is 0 Å². The van der Waals surface area contributed by atoms with Gasteiger partial charge < -0.3 is 5.32 Å². The summed E-state index contributed by atoms with van der Waals surface area (Å²) < 4.78 is 13.6. The van der Waals surface area contributed by atoms with Crippen molar-refractivity contribution in [1.29, 1.82) is 0 Å². The molecule has 0 aliphatic rings. The van der Waals surface area contributed by atoms with Crippen molar-refractivity contribution in [3.63, 3.8) is 0 Å². The van der Waals surface area contributed by atoms with E-state index in [2.05, 4.69) is 24.4 Å². The summed E-state index contributed by atoms with van der Waals surface area (Å²) in [5.74, 6) is -0.0560. The molecule has 0 heterocycles. The number of halogens is 2. The van der Waals surface area contributed by atoms with E-state index in [4.69, 9.17) is 11.6 Å². The molecule has 0 aliphatic carbocycles. The second-order valence-electron chi connectivity index (χ2n) is 5.23. The SMILES string of the molecule is CCCNCC(Cc1cccc(F)c1Cl)c1ccccc1. The van der Waals surface area contributed by atoms with Gasteiger partial charge in [-0.2, -0.15) is 0 Å². The van der Waals surface area contributed by atoms with E-state index < -0.39 is 0 Å². The van der Waals surface area contributed by atoms with Gasteiger partial charge in [0.05, 0.1) is 5.02 Å². The molecule has 0 aromatic heterocycles. The van der Waals surface area contributed by atoms with Crippen LogP contribution in [0.3, 0.4) is 0 Å². The predicted octanol–water partition coefficient (Wildman–Crippen LogP) is 4.81. The molecule has 2 aromatic carbocycles. The van der Waals surface area contributed by atoms with Crippen molar-refractivity contribution in [1.82, 2.24) is 5.32 Å². The maximum absolute atomic E-state index is 13.6. The van der Waals surface area contributed by atoms with Gasteiger partial charge in [0.1, 0.15) is 5.82 Å². The first-order valence-electron chi connectivity index (χ1n) is 7.41. The molecule has 0 saturated carbocycles. The quantitative estimate of drug-likeness (QED) is 0.724. The summed E-state index contributed by atoms with van der Waals surface area (Å²) in [5, 5.41) is 3.70. The summed E-state index contributed by atoms with van der Waals surface area (Å²) in [6, 6.07) is 15.3. The van der Waals surface area contributed by atoms with Crippen molar-refractivity contribution in [2.45, 2.75) is 25.7 Å². The first-order chi connectivity index (χ1) is 10.2. The van der Waals surface area contributed by atoms with E-state index in [1.54, 1.807) is 6.07 Å². The van der Waals surface area contributed by atoms with Crippen LogP contribution in [0.25, 0.3) is 0 Å². The van der Waals surface area contributed by atoms with Crippen molar-refractivity contribution in [2.24, 2.45) is 0 Å². The lowest BCUT2D eigenvalue weighted by Crippen LogP contribution is -2.23. The average molecular weight is 306 g/mol. The normalized spacial score (nSPS) is 12.3. The Morgan fingerprint density at radius 2 is 1.86 bits per heavy atom. The lowest BCUT2D eigenvalue weighted by molar-refractivity contribution is 0.573. The van der Waals surface area contributed by atoms with Crippen molar-refractivity contribution < 1.29 is 4.39 Å². The van der Waals surface area contributed by atoms with Gasteiger partial charge in [-0.25, -0.2) is 4.39 Å². The number of nitrogens with one attached hydrogen (secondary N) is 1. The monoisotopic (exact) mass is 305 g/mol. The highest BCUT2D eigenvalue weighted by atomic mass is 35.5. The maximum atomic E-state index is 13.6. The molecule has 0 amide bonds. The third-order valence-electron chi connectivity index (χ3n) is 3.59. The molecular weight excluding hydrogens is 285 g/mol. The maximum Gasteiger partial charge on any atom is 0.142 e. The minimum absolute atomic E-state index is 0.244. The van der Waals surface area contributed by atoms with E-state index in [-0.39, 0.29) is 16.8 Å². The van der Waals surface area contributed by atoms with Gasteiger partial charge in [0.2, 0.25) is 0 Å². The van der Waals surface area contributed by atoms with Gasteiger partial charge in [-0.1, -0.05) is 61.0 Å². The van der Waals surface area contributed by atoms with Crippen LogP contribution in [0.1, 0.15) is 30.4 Å². The Labute approximate surface area is 131 Å². The molecule has 2 rings (SSSR count). The van der Waals surface area contributed by atoms with Gasteiger partial charge in [-0.15, -0.1) is 0 Å². The fourth-order valence-corrected chi connectivity index (χ4v) is 2.66. The van der Waals surface area contributed by atoms with Crippen LogP contribution in [0.15, 0.2) is 48.5 Å². The van der Waals surface area contributed by atoms with Crippen LogP contribution in [0.4, 0.5) is 4.39 Å². The molecule has 0 fully saturated rings. The highest BCUT2D eigenvalue weighted by Gasteiger charge is 2.15. The van der Waals surface area contributed by atoms with E-state index in [1.807, 2.05) is 24.3 Å². The minimum atomic E-state index is -0.345. The van der Waals surface area contributed by atoms with Gasteiger partial charge in [0.15, 0.2) is 0 Å². The number of hydrogen-bond acceptors (Lipinski definition) is 1. The summed E-state index contributed by atoms with van der Waals surface area (Å²) >= 11 is 6.09. The fraction of sp³-hybridized carbons (Fsp3) is 0.333. The standard InChI is InChI=1S/C18H21ClFN/c1-2-11-21-13-16(14-7-4-3-5-8-14)12-15-9-6-10-17(20)18(15)19/h3-10,16,21H,2,11-13H2,1H3. The largest absolute Gasteiger partial charge is 0.316 e. The first-order valence-corrected chi connectivity index (χ1v) is 7.78. The lowest BCUT2D eigenvalue weighted by Gasteiger charge is -2.19. The van der Waals surface area contributed by atoms with E-state index in [9.17, 15) is 4.39 Å². The summed E-state index contributed by atoms with van der Waals surface area (Å²) in [5.41, 5.74) is 2.12. The predicted molar refractivity (Wildman–Crippen MR) is 87.5 cm³/mol. The Morgan fingerprint density at radius 3 is 2.57 bits per heavy atom. The molecule has 2 aromatic rings. The van der Waals surface area contributed by atoms with Gasteiger partial charge >= 0.3 is 0 Å². The number of rotatable bonds is 7. The average Bonchev–Trinajstić information content (AvgIpc) is 2.51. The second-order valence-corrected chi connectivity index (χ2v) is 5.61. The van der Waals surface area contributed by atoms with Crippen LogP contribution in [0.5, 0.6) is 0 Å². The van der Waals surface area contributed by atoms with Crippen LogP contribution in [-0.2, 0) is 6.42 Å². The molecule has 0 saturated heterocycles. The van der Waals surface area contributed by atoms with Gasteiger partial charge in [0.25, 0.3) is 0 Å². The summed E-state index contributed by atoms with van der Waals surface area (Å²) in [6.45, 7) is 4.00. The lowest BCUT2D eigenvalue weighted by atomic mass is 9.91. The molecule has 0 radical (unpaired) electrons. The summed E-state index contributed by atoms with van der Waals surface area (Å²) in [6.07, 6.45) is 1.83. The van der Waals surface area contributed by atoms with Gasteiger partial charge in [-0.05, 0) is 36.6 Å². The third kappa shape index (κ3) is 4.55. The first kappa shape index (κ1) is 16.0. The Hall–Kier alpha value is -1.38. The molecule has 0 aliphatic heterocycles. The Kier molecular flexibility index (Phi) is 6.21. The third-order valence-corrected chi connectivity index (χ3v) is 4.01. The van der Waals surface area contributed by atoms with Crippen molar-refractivity contribution in [3.8, 4) is 0 Å². The van der Waals surface area contributed by atoms with Crippen LogP contribution in [-0.4, -0.2) is 13.1 Å². The zero-order chi connectivity index (χ0) is 15.1. The van der Waals surface area contributed by atoms with Crippen LogP contribution in [0, 0.1) is 5.82 Å². The summed E-state index contributed by atoms with van der Waals surface area (Å²) in [7, 11) is 0. The minimum Gasteiger partial charge on any atom is -0.316 e. The van der Waals surface area contributed by atoms with Crippen LogP contribution < -0.4 is 5.32 Å². The van der Waals surface area contributed by atoms with E-state index in [1.165, 1.54) is 11.6 Å². The zero-order valence-corrected chi connectivity index (χ0v) is 13.0. The smallest absolute Gasteiger partial charge is 0.142 e. The van der Waals surface area contributed by atoms with Gasteiger partial charge in [-0.3, -0.25) is 0 Å².